The minimum Gasteiger partial charge on any atom is -0.352 e. The number of rotatable bonds is 5. The number of amides is 1. The highest BCUT2D eigenvalue weighted by Gasteiger charge is 2.27. The van der Waals surface area contributed by atoms with E-state index in [1.165, 1.54) is 13.5 Å². The van der Waals surface area contributed by atoms with Crippen LogP contribution < -0.4 is 5.32 Å². The van der Waals surface area contributed by atoms with Crippen LogP contribution in [0.3, 0.4) is 0 Å². The summed E-state index contributed by atoms with van der Waals surface area (Å²) in [6.07, 6.45) is 4.43. The second-order valence-corrected chi connectivity index (χ2v) is 8.85. The average molecular weight is 330 g/mol. The van der Waals surface area contributed by atoms with Gasteiger partial charge in [0.15, 0.2) is 0 Å². The summed E-state index contributed by atoms with van der Waals surface area (Å²) in [6, 6.07) is 3.41. The molecule has 1 aliphatic carbocycles. The number of hydrogen-bond donors (Lipinski definition) is 1. The third kappa shape index (κ3) is 4.05. The number of carbonyl (C=O) groups is 1. The maximum absolute atomic E-state index is 12.2. The molecule has 118 valence electrons. The molecule has 7 heteroatoms. The molecule has 1 aromatic rings. The highest BCUT2D eigenvalue weighted by atomic mass is 32.2. The van der Waals surface area contributed by atoms with Gasteiger partial charge >= 0.3 is 0 Å². The van der Waals surface area contributed by atoms with Crippen molar-refractivity contribution in [1.29, 1.82) is 0 Å². The lowest BCUT2D eigenvalue weighted by Gasteiger charge is -2.30. The minimum absolute atomic E-state index is 0.135. The summed E-state index contributed by atoms with van der Waals surface area (Å²) >= 11 is 1.16. The van der Waals surface area contributed by atoms with Gasteiger partial charge in [0.1, 0.15) is 4.21 Å². The predicted molar refractivity (Wildman–Crippen MR) is 83.7 cm³/mol. The van der Waals surface area contributed by atoms with Crippen LogP contribution in [0, 0.1) is 5.92 Å². The molecule has 1 saturated carbocycles. The SMILES string of the molecule is C[C@@H]1CCCC[C@@H]1NC(=O)CN(C)S(=O)(=O)c1cccs1. The number of sulfonamides is 1. The second kappa shape index (κ2) is 6.89. The molecule has 0 unspecified atom stereocenters. The molecule has 5 nitrogen and oxygen atoms in total. The van der Waals surface area contributed by atoms with Crippen LogP contribution in [0.4, 0.5) is 0 Å². The highest BCUT2D eigenvalue weighted by Crippen LogP contribution is 2.24. The van der Waals surface area contributed by atoms with Gasteiger partial charge in [-0.25, -0.2) is 8.42 Å². The largest absolute Gasteiger partial charge is 0.352 e. The molecule has 0 saturated heterocycles. The van der Waals surface area contributed by atoms with Crippen LogP contribution in [-0.4, -0.2) is 38.3 Å². The van der Waals surface area contributed by atoms with Crippen molar-refractivity contribution in [1.82, 2.24) is 9.62 Å². The number of thiophene rings is 1. The van der Waals surface area contributed by atoms with Crippen LogP contribution >= 0.6 is 11.3 Å². The van der Waals surface area contributed by atoms with E-state index in [1.807, 2.05) is 0 Å². The fraction of sp³-hybridized carbons (Fsp3) is 0.643. The number of nitrogens with zero attached hydrogens (tertiary/aromatic N) is 1. The number of carbonyl (C=O) groups excluding carboxylic acids is 1. The molecule has 21 heavy (non-hydrogen) atoms. The van der Waals surface area contributed by atoms with Gasteiger partial charge in [-0.15, -0.1) is 11.3 Å². The molecular formula is C14H22N2O3S2. The quantitative estimate of drug-likeness (QED) is 0.899. The van der Waals surface area contributed by atoms with Gasteiger partial charge < -0.3 is 5.32 Å². The first kappa shape index (κ1) is 16.5. The van der Waals surface area contributed by atoms with Crippen molar-refractivity contribution in [2.45, 2.75) is 42.9 Å². The van der Waals surface area contributed by atoms with Gasteiger partial charge in [0.25, 0.3) is 10.0 Å². The Morgan fingerprint density at radius 3 is 2.76 bits per heavy atom. The molecule has 0 spiro atoms. The van der Waals surface area contributed by atoms with Crippen LogP contribution in [0.25, 0.3) is 0 Å². The van der Waals surface area contributed by atoms with Crippen LogP contribution in [0.15, 0.2) is 21.7 Å². The number of likely N-dealkylation sites (N-methyl/N-ethyl adjacent to an activating group) is 1. The monoisotopic (exact) mass is 330 g/mol. The van der Waals surface area contributed by atoms with E-state index >= 15 is 0 Å². The van der Waals surface area contributed by atoms with Crippen molar-refractivity contribution < 1.29 is 13.2 Å². The topological polar surface area (TPSA) is 66.5 Å². The Morgan fingerprint density at radius 2 is 2.14 bits per heavy atom. The third-order valence-electron chi connectivity index (χ3n) is 3.98. The molecule has 2 atom stereocenters. The fourth-order valence-electron chi connectivity index (χ4n) is 2.63. The van der Waals surface area contributed by atoms with Crippen molar-refractivity contribution in [3.8, 4) is 0 Å². The van der Waals surface area contributed by atoms with Gasteiger partial charge in [0, 0.05) is 13.1 Å². The van der Waals surface area contributed by atoms with E-state index in [1.54, 1.807) is 17.5 Å². The molecule has 0 aliphatic heterocycles. The Labute approximate surface area is 130 Å². The van der Waals surface area contributed by atoms with Gasteiger partial charge in [0.05, 0.1) is 6.54 Å². The zero-order chi connectivity index (χ0) is 15.5. The first-order valence-electron chi connectivity index (χ1n) is 7.20. The van der Waals surface area contributed by atoms with Crippen molar-refractivity contribution in [3.63, 3.8) is 0 Å². The summed E-state index contributed by atoms with van der Waals surface area (Å²) in [5.41, 5.74) is 0. The van der Waals surface area contributed by atoms with Crippen LogP contribution in [-0.2, 0) is 14.8 Å². The lowest BCUT2D eigenvalue weighted by molar-refractivity contribution is -0.122. The first-order chi connectivity index (χ1) is 9.91. The number of hydrogen-bond acceptors (Lipinski definition) is 4. The predicted octanol–water partition coefficient (Wildman–Crippen LogP) is 2.06. The van der Waals surface area contributed by atoms with E-state index in [0.29, 0.717) is 5.92 Å². The normalized spacial score (nSPS) is 23.2. The van der Waals surface area contributed by atoms with Gasteiger partial charge in [-0.05, 0) is 30.2 Å². The molecule has 0 bridgehead atoms. The van der Waals surface area contributed by atoms with E-state index in [-0.39, 0.29) is 22.7 Å². The summed E-state index contributed by atoms with van der Waals surface area (Å²) in [4.78, 5) is 12.1. The molecule has 2 rings (SSSR count). The van der Waals surface area contributed by atoms with Crippen LogP contribution in [0.1, 0.15) is 32.6 Å². The zero-order valence-electron chi connectivity index (χ0n) is 12.4. The molecule has 1 fully saturated rings. The lowest BCUT2D eigenvalue weighted by atomic mass is 9.86. The minimum atomic E-state index is -3.55. The van der Waals surface area contributed by atoms with Crippen molar-refractivity contribution in [2.24, 2.45) is 5.92 Å². The maximum atomic E-state index is 12.2. The second-order valence-electron chi connectivity index (χ2n) is 5.63. The van der Waals surface area contributed by atoms with Crippen molar-refractivity contribution >= 4 is 27.3 Å². The molecule has 1 N–H and O–H groups in total. The molecule has 1 heterocycles. The Morgan fingerprint density at radius 1 is 1.43 bits per heavy atom. The molecule has 1 aliphatic rings. The molecule has 1 amide bonds. The molecule has 0 aromatic carbocycles. The van der Waals surface area contributed by atoms with Crippen LogP contribution in [0.2, 0.25) is 0 Å². The van der Waals surface area contributed by atoms with Crippen molar-refractivity contribution in [2.75, 3.05) is 13.6 Å². The van der Waals surface area contributed by atoms with Gasteiger partial charge in [-0.3, -0.25) is 4.79 Å². The third-order valence-corrected chi connectivity index (χ3v) is 7.16. The van der Waals surface area contributed by atoms with Gasteiger partial charge in [0.2, 0.25) is 5.91 Å². The average Bonchev–Trinajstić information content (AvgIpc) is 2.96. The number of nitrogens with one attached hydrogen (secondary N) is 1. The van der Waals surface area contributed by atoms with E-state index in [0.717, 1.165) is 34.9 Å². The van der Waals surface area contributed by atoms with Gasteiger partial charge in [-0.1, -0.05) is 25.8 Å². The Kier molecular flexibility index (Phi) is 5.40. The highest BCUT2D eigenvalue weighted by molar-refractivity contribution is 7.91. The molecular weight excluding hydrogens is 308 g/mol. The van der Waals surface area contributed by atoms with E-state index in [2.05, 4.69) is 12.2 Å². The molecule has 0 radical (unpaired) electrons. The standard InChI is InChI=1S/C14H22N2O3S2/c1-11-6-3-4-7-12(11)15-13(17)10-16(2)21(18,19)14-8-5-9-20-14/h5,8-9,11-12H,3-4,6-7,10H2,1-2H3,(H,15,17)/t11-,12+/m1/s1. The summed E-state index contributed by atoms with van der Waals surface area (Å²) in [5, 5.41) is 4.69. The Bertz CT molecular complexity index is 569. The summed E-state index contributed by atoms with van der Waals surface area (Å²) in [7, 11) is -2.11. The van der Waals surface area contributed by atoms with E-state index < -0.39 is 10.0 Å². The maximum Gasteiger partial charge on any atom is 0.252 e. The van der Waals surface area contributed by atoms with E-state index in [9.17, 15) is 13.2 Å². The summed E-state index contributed by atoms with van der Waals surface area (Å²) < 4.78 is 25.9. The lowest BCUT2D eigenvalue weighted by Crippen LogP contribution is -2.45. The van der Waals surface area contributed by atoms with E-state index in [4.69, 9.17) is 0 Å². The van der Waals surface area contributed by atoms with Gasteiger partial charge in [-0.2, -0.15) is 4.31 Å². The van der Waals surface area contributed by atoms with Crippen LogP contribution in [0.5, 0.6) is 0 Å². The smallest absolute Gasteiger partial charge is 0.252 e. The summed E-state index contributed by atoms with van der Waals surface area (Å²) in [6.45, 7) is 2.00. The molecule has 1 aromatic heterocycles. The fourth-order valence-corrected chi connectivity index (χ4v) is 4.96. The Hall–Kier alpha value is -0.920. The van der Waals surface area contributed by atoms with Crippen molar-refractivity contribution in [3.05, 3.63) is 17.5 Å². The Balaban J connectivity index is 1.93. The first-order valence-corrected chi connectivity index (χ1v) is 9.52. The summed E-state index contributed by atoms with van der Waals surface area (Å²) in [5.74, 6) is 0.235. The zero-order valence-corrected chi connectivity index (χ0v) is 14.0.